The number of fused-ring (bicyclic) bond motifs is 1. The molecule has 0 bridgehead atoms. The van der Waals surface area contributed by atoms with Crippen molar-refractivity contribution in [3.63, 3.8) is 0 Å². The molecule has 0 heterocycles. The first kappa shape index (κ1) is 20.4. The molecule has 0 aliphatic carbocycles. The Morgan fingerprint density at radius 1 is 1.04 bits per heavy atom. The molecule has 1 N–H and O–H groups in total. The van der Waals surface area contributed by atoms with E-state index >= 15 is 0 Å². The number of nitrogens with one attached hydrogen (secondary N) is 1. The third-order valence-electron chi connectivity index (χ3n) is 4.77. The van der Waals surface area contributed by atoms with E-state index in [4.69, 9.17) is 11.6 Å². The third kappa shape index (κ3) is 4.40. The average Bonchev–Trinajstić information content (AvgIpc) is 2.69. The van der Waals surface area contributed by atoms with E-state index in [-0.39, 0.29) is 4.90 Å². The van der Waals surface area contributed by atoms with Crippen LogP contribution in [-0.4, -0.2) is 8.42 Å². The zero-order chi connectivity index (χ0) is 20.1. The Labute approximate surface area is 172 Å². The topological polar surface area (TPSA) is 46.2 Å². The highest BCUT2D eigenvalue weighted by Gasteiger charge is 2.17. The van der Waals surface area contributed by atoms with Crippen molar-refractivity contribution in [2.45, 2.75) is 38.0 Å². The quantitative estimate of drug-likeness (QED) is 0.458. The molecule has 3 aromatic carbocycles. The summed E-state index contributed by atoms with van der Waals surface area (Å²) in [5.41, 5.74) is 2.88. The van der Waals surface area contributed by atoms with Gasteiger partial charge < -0.3 is 0 Å². The molecule has 0 saturated heterocycles. The normalized spacial score (nSPS) is 12.3. The first-order valence-electron chi connectivity index (χ1n) is 9.42. The molecular weight excluding hydrogens is 390 g/mol. The van der Waals surface area contributed by atoms with E-state index in [1.54, 1.807) is 12.1 Å². The summed E-state index contributed by atoms with van der Waals surface area (Å²) in [6.07, 6.45) is 5.28. The van der Waals surface area contributed by atoms with E-state index in [1.807, 2.05) is 37.3 Å². The van der Waals surface area contributed by atoms with E-state index < -0.39 is 10.0 Å². The molecular formula is C23H24ClNO2S. The van der Waals surface area contributed by atoms with Crippen LogP contribution < -0.4 is 4.72 Å². The maximum absolute atomic E-state index is 12.9. The van der Waals surface area contributed by atoms with Gasteiger partial charge in [0.2, 0.25) is 0 Å². The van der Waals surface area contributed by atoms with Gasteiger partial charge in [0, 0.05) is 10.4 Å². The lowest BCUT2D eigenvalue weighted by Gasteiger charge is -2.16. The standard InChI is InChI=1S/C23H24ClNO2S/c1-3-5-8-17(4-2)21-11-6-9-18-10-7-12-22(23(18)21)25-28(26,27)20-15-13-19(24)14-16-20/h4,6-7,9-16,25H,3,5,8H2,1-2H3/b17-4+. The smallest absolute Gasteiger partial charge is 0.261 e. The molecule has 0 aromatic heterocycles. The minimum Gasteiger partial charge on any atom is -0.279 e. The number of allylic oxidation sites excluding steroid dienone is 2. The van der Waals surface area contributed by atoms with E-state index in [0.29, 0.717) is 10.7 Å². The van der Waals surface area contributed by atoms with Crippen LogP contribution in [0.1, 0.15) is 38.7 Å². The van der Waals surface area contributed by atoms with Gasteiger partial charge in [0.1, 0.15) is 0 Å². The monoisotopic (exact) mass is 413 g/mol. The fraction of sp³-hybridized carbons (Fsp3) is 0.217. The van der Waals surface area contributed by atoms with Crippen LogP contribution in [0, 0.1) is 0 Å². The minimum atomic E-state index is -3.72. The van der Waals surface area contributed by atoms with Crippen molar-refractivity contribution in [3.8, 4) is 0 Å². The van der Waals surface area contributed by atoms with Crippen molar-refractivity contribution >= 4 is 43.7 Å². The van der Waals surface area contributed by atoms with E-state index in [9.17, 15) is 8.42 Å². The Kier molecular flexibility index (Phi) is 6.42. The second kappa shape index (κ2) is 8.80. The summed E-state index contributed by atoms with van der Waals surface area (Å²) < 4.78 is 28.6. The van der Waals surface area contributed by atoms with Gasteiger partial charge in [0.15, 0.2) is 0 Å². The average molecular weight is 414 g/mol. The Bertz CT molecular complexity index is 1100. The molecule has 0 radical (unpaired) electrons. The highest BCUT2D eigenvalue weighted by atomic mass is 35.5. The second-order valence-corrected chi connectivity index (χ2v) is 8.80. The fourth-order valence-electron chi connectivity index (χ4n) is 3.31. The van der Waals surface area contributed by atoms with Gasteiger partial charge in [-0.1, -0.05) is 61.4 Å². The predicted octanol–water partition coefficient (Wildman–Crippen LogP) is 6.89. The summed E-state index contributed by atoms with van der Waals surface area (Å²) in [7, 11) is -3.72. The van der Waals surface area contributed by atoms with Gasteiger partial charge in [-0.3, -0.25) is 4.72 Å². The van der Waals surface area contributed by atoms with Gasteiger partial charge in [0.05, 0.1) is 10.6 Å². The molecule has 5 heteroatoms. The number of halogens is 1. The summed E-state index contributed by atoms with van der Waals surface area (Å²) in [6.45, 7) is 4.20. The first-order valence-corrected chi connectivity index (χ1v) is 11.3. The predicted molar refractivity (Wildman–Crippen MR) is 119 cm³/mol. The van der Waals surface area contributed by atoms with Crippen LogP contribution in [0.4, 0.5) is 5.69 Å². The van der Waals surface area contributed by atoms with Crippen LogP contribution >= 0.6 is 11.6 Å². The Morgan fingerprint density at radius 2 is 1.71 bits per heavy atom. The highest BCUT2D eigenvalue weighted by Crippen LogP contribution is 2.34. The van der Waals surface area contributed by atoms with Crippen molar-refractivity contribution in [1.29, 1.82) is 0 Å². The molecule has 146 valence electrons. The van der Waals surface area contributed by atoms with Crippen LogP contribution in [-0.2, 0) is 10.0 Å². The molecule has 0 unspecified atom stereocenters. The number of unbranched alkanes of at least 4 members (excludes halogenated alkanes) is 1. The van der Waals surface area contributed by atoms with Crippen molar-refractivity contribution in [1.82, 2.24) is 0 Å². The van der Waals surface area contributed by atoms with Gasteiger partial charge in [-0.15, -0.1) is 0 Å². The Morgan fingerprint density at radius 3 is 2.36 bits per heavy atom. The van der Waals surface area contributed by atoms with Crippen molar-refractivity contribution in [2.75, 3.05) is 4.72 Å². The van der Waals surface area contributed by atoms with Gasteiger partial charge in [-0.2, -0.15) is 0 Å². The summed E-state index contributed by atoms with van der Waals surface area (Å²) in [6, 6.07) is 17.9. The van der Waals surface area contributed by atoms with Crippen molar-refractivity contribution in [3.05, 3.63) is 77.3 Å². The number of hydrogen-bond acceptors (Lipinski definition) is 2. The van der Waals surface area contributed by atoms with Crippen LogP contribution in [0.5, 0.6) is 0 Å². The molecule has 3 nitrogen and oxygen atoms in total. The maximum Gasteiger partial charge on any atom is 0.261 e. The summed E-state index contributed by atoms with van der Waals surface area (Å²) in [4.78, 5) is 0.184. The lowest BCUT2D eigenvalue weighted by molar-refractivity contribution is 0.601. The molecule has 0 fully saturated rings. The molecule has 0 amide bonds. The molecule has 0 aliphatic heterocycles. The second-order valence-electron chi connectivity index (χ2n) is 6.69. The summed E-state index contributed by atoms with van der Waals surface area (Å²) >= 11 is 5.89. The van der Waals surface area contributed by atoms with Gasteiger partial charge in [0.25, 0.3) is 10.0 Å². The van der Waals surface area contributed by atoms with Gasteiger partial charge >= 0.3 is 0 Å². The molecule has 3 aromatic rings. The van der Waals surface area contributed by atoms with Crippen molar-refractivity contribution in [2.24, 2.45) is 0 Å². The zero-order valence-corrected chi connectivity index (χ0v) is 17.6. The number of rotatable bonds is 7. The molecule has 0 aliphatic rings. The molecule has 28 heavy (non-hydrogen) atoms. The molecule has 0 saturated carbocycles. The van der Waals surface area contributed by atoms with E-state index in [0.717, 1.165) is 35.6 Å². The Balaban J connectivity index is 2.10. The molecule has 3 rings (SSSR count). The van der Waals surface area contributed by atoms with Gasteiger partial charge in [-0.25, -0.2) is 8.42 Å². The van der Waals surface area contributed by atoms with Crippen LogP contribution in [0.2, 0.25) is 5.02 Å². The number of anilines is 1. The zero-order valence-electron chi connectivity index (χ0n) is 16.1. The summed E-state index contributed by atoms with van der Waals surface area (Å²) in [5.74, 6) is 0. The van der Waals surface area contributed by atoms with Crippen LogP contribution in [0.3, 0.4) is 0 Å². The largest absolute Gasteiger partial charge is 0.279 e. The van der Waals surface area contributed by atoms with Crippen LogP contribution in [0.15, 0.2) is 71.6 Å². The lowest BCUT2D eigenvalue weighted by atomic mass is 9.94. The highest BCUT2D eigenvalue weighted by molar-refractivity contribution is 7.92. The maximum atomic E-state index is 12.9. The molecule has 0 spiro atoms. The number of hydrogen-bond donors (Lipinski definition) is 1. The van der Waals surface area contributed by atoms with Crippen LogP contribution in [0.25, 0.3) is 16.3 Å². The lowest BCUT2D eigenvalue weighted by Crippen LogP contribution is -2.13. The van der Waals surface area contributed by atoms with E-state index in [2.05, 4.69) is 23.8 Å². The number of benzene rings is 3. The van der Waals surface area contributed by atoms with Gasteiger partial charge in [-0.05, 0) is 66.6 Å². The van der Waals surface area contributed by atoms with E-state index in [1.165, 1.54) is 17.7 Å². The number of sulfonamides is 1. The third-order valence-corrected chi connectivity index (χ3v) is 6.40. The SMILES string of the molecule is C/C=C(\CCCC)c1cccc2cccc(NS(=O)(=O)c3ccc(Cl)cc3)c12. The minimum absolute atomic E-state index is 0.184. The summed E-state index contributed by atoms with van der Waals surface area (Å²) in [5, 5.41) is 2.43. The molecule has 0 atom stereocenters. The fourth-order valence-corrected chi connectivity index (χ4v) is 4.51. The van der Waals surface area contributed by atoms with Crippen molar-refractivity contribution < 1.29 is 8.42 Å². The Hall–Kier alpha value is -2.30. The first-order chi connectivity index (χ1) is 13.5.